The van der Waals surface area contributed by atoms with E-state index in [9.17, 15) is 4.79 Å². The Labute approximate surface area is 139 Å². The molecule has 1 aromatic carbocycles. The number of ether oxygens (including phenoxy) is 2. The molecule has 0 aliphatic carbocycles. The van der Waals surface area contributed by atoms with Crippen LogP contribution in [0.4, 0.5) is 5.69 Å². The molecule has 2 radical (unpaired) electrons. The second kappa shape index (κ2) is 6.93. The van der Waals surface area contributed by atoms with Gasteiger partial charge in [0.1, 0.15) is 5.75 Å². The van der Waals surface area contributed by atoms with Gasteiger partial charge in [0.2, 0.25) is 0 Å². The minimum absolute atomic E-state index is 0.00952. The van der Waals surface area contributed by atoms with Gasteiger partial charge >= 0.3 is 0 Å². The Kier molecular flexibility index (Phi) is 4.92. The fourth-order valence-corrected chi connectivity index (χ4v) is 3.40. The fraction of sp³-hybridized carbons (Fsp3) is 0.588. The number of carbonyl (C=O) groups is 1. The van der Waals surface area contributed by atoms with Crippen LogP contribution in [0.25, 0.3) is 0 Å². The van der Waals surface area contributed by atoms with Gasteiger partial charge in [0, 0.05) is 20.3 Å². The van der Waals surface area contributed by atoms with Crippen LogP contribution in [-0.4, -0.2) is 58.7 Å². The molecule has 6 heteroatoms. The van der Waals surface area contributed by atoms with E-state index in [2.05, 4.69) is 19.1 Å². The molecule has 1 aromatic rings. The first kappa shape index (κ1) is 16.3. The highest BCUT2D eigenvalue weighted by molar-refractivity contribution is 6.04. The van der Waals surface area contributed by atoms with Crippen molar-refractivity contribution in [1.82, 2.24) is 4.81 Å². The minimum atomic E-state index is 0.00952. The Balaban J connectivity index is 1.93. The summed E-state index contributed by atoms with van der Waals surface area (Å²) in [5.41, 5.74) is 3.43. The summed E-state index contributed by atoms with van der Waals surface area (Å²) in [4.78, 5) is 15.9. The standard InChI is InChI=1S/C17H23BN2O3/c1-12-10-19(18)6-4-13-8-16-15(9-14(12)13)20(5-3-7-22-2)17(21)11-23-16/h8-9,12H,3-7,10-11H2,1-2H3. The average Bonchev–Trinajstić information content (AvgIpc) is 2.67. The number of anilines is 1. The highest BCUT2D eigenvalue weighted by Crippen LogP contribution is 2.38. The number of hydrogen-bond donors (Lipinski definition) is 0. The number of amides is 1. The van der Waals surface area contributed by atoms with Crippen molar-refractivity contribution in [3.05, 3.63) is 23.3 Å². The van der Waals surface area contributed by atoms with Crippen molar-refractivity contribution in [2.24, 2.45) is 0 Å². The van der Waals surface area contributed by atoms with Gasteiger partial charge in [-0.1, -0.05) is 6.92 Å². The average molecular weight is 314 g/mol. The van der Waals surface area contributed by atoms with Crippen LogP contribution in [-0.2, 0) is 16.0 Å². The Morgan fingerprint density at radius 3 is 3.04 bits per heavy atom. The largest absolute Gasteiger partial charge is 0.482 e. The van der Waals surface area contributed by atoms with E-state index in [4.69, 9.17) is 17.5 Å². The summed E-state index contributed by atoms with van der Waals surface area (Å²) in [6.45, 7) is 5.24. The highest BCUT2D eigenvalue weighted by Gasteiger charge is 2.28. The molecule has 2 aliphatic heterocycles. The second-order valence-electron chi connectivity index (χ2n) is 6.35. The SMILES string of the molecule is [B]N1CCc2cc3c(cc2C(C)C1)N(CCCOC)C(=O)CO3. The molecule has 0 saturated heterocycles. The summed E-state index contributed by atoms with van der Waals surface area (Å²) in [5.74, 6) is 1.15. The first-order chi connectivity index (χ1) is 11.1. The van der Waals surface area contributed by atoms with Gasteiger partial charge in [-0.25, -0.2) is 0 Å². The second-order valence-corrected chi connectivity index (χ2v) is 6.35. The zero-order chi connectivity index (χ0) is 16.4. The number of methoxy groups -OCH3 is 1. The topological polar surface area (TPSA) is 42.0 Å². The third-order valence-electron chi connectivity index (χ3n) is 4.60. The number of benzene rings is 1. The number of rotatable bonds is 4. The quantitative estimate of drug-likeness (QED) is 0.624. The minimum Gasteiger partial charge on any atom is -0.482 e. The van der Waals surface area contributed by atoms with E-state index in [0.29, 0.717) is 19.1 Å². The van der Waals surface area contributed by atoms with E-state index in [0.717, 1.165) is 37.4 Å². The van der Waals surface area contributed by atoms with Gasteiger partial charge in [0.25, 0.3) is 5.91 Å². The molecular weight excluding hydrogens is 291 g/mol. The van der Waals surface area contributed by atoms with Gasteiger partial charge in [-0.3, -0.25) is 4.79 Å². The van der Waals surface area contributed by atoms with Gasteiger partial charge in [0.05, 0.1) is 5.69 Å². The van der Waals surface area contributed by atoms with Gasteiger partial charge < -0.3 is 19.2 Å². The smallest absolute Gasteiger partial charge is 0.265 e. The third-order valence-corrected chi connectivity index (χ3v) is 4.60. The van der Waals surface area contributed by atoms with Gasteiger partial charge in [0.15, 0.2) is 14.6 Å². The van der Waals surface area contributed by atoms with Crippen molar-refractivity contribution in [3.8, 4) is 5.75 Å². The normalized spacial score (nSPS) is 21.4. The maximum Gasteiger partial charge on any atom is 0.265 e. The summed E-state index contributed by atoms with van der Waals surface area (Å²) < 4.78 is 10.8. The Bertz CT molecular complexity index is 593. The summed E-state index contributed by atoms with van der Waals surface area (Å²) in [7, 11) is 7.69. The van der Waals surface area contributed by atoms with Crippen molar-refractivity contribution in [2.45, 2.75) is 25.7 Å². The molecule has 2 heterocycles. The van der Waals surface area contributed by atoms with E-state index < -0.39 is 0 Å². The van der Waals surface area contributed by atoms with Crippen LogP contribution in [0.2, 0.25) is 0 Å². The summed E-state index contributed by atoms with van der Waals surface area (Å²) in [6.07, 6.45) is 1.72. The molecule has 1 amide bonds. The van der Waals surface area contributed by atoms with Crippen LogP contribution in [0.5, 0.6) is 5.75 Å². The third kappa shape index (κ3) is 3.38. The molecule has 23 heavy (non-hydrogen) atoms. The van der Waals surface area contributed by atoms with Crippen molar-refractivity contribution in [1.29, 1.82) is 0 Å². The number of carbonyl (C=O) groups excluding carboxylic acids is 1. The first-order valence-electron chi connectivity index (χ1n) is 8.18. The molecule has 0 N–H and O–H groups in total. The summed E-state index contributed by atoms with van der Waals surface area (Å²) in [6, 6.07) is 4.22. The molecule has 0 aromatic heterocycles. The molecule has 0 saturated carbocycles. The molecule has 0 spiro atoms. The molecule has 3 rings (SSSR count). The summed E-state index contributed by atoms with van der Waals surface area (Å²) in [5, 5.41) is 0. The highest BCUT2D eigenvalue weighted by atomic mass is 16.5. The van der Waals surface area contributed by atoms with E-state index in [1.807, 2.05) is 9.71 Å². The lowest BCUT2D eigenvalue weighted by Crippen LogP contribution is -2.40. The van der Waals surface area contributed by atoms with Gasteiger partial charge in [-0.05, 0) is 55.1 Å². The molecular formula is C17H23BN2O3. The first-order valence-corrected chi connectivity index (χ1v) is 8.18. The van der Waals surface area contributed by atoms with Crippen LogP contribution in [0.15, 0.2) is 12.1 Å². The van der Waals surface area contributed by atoms with E-state index in [1.54, 1.807) is 7.11 Å². The lowest BCUT2D eigenvalue weighted by Gasteiger charge is -2.31. The van der Waals surface area contributed by atoms with Crippen LogP contribution in [0.1, 0.15) is 30.4 Å². The fourth-order valence-electron chi connectivity index (χ4n) is 3.40. The van der Waals surface area contributed by atoms with Crippen LogP contribution >= 0.6 is 0 Å². The Morgan fingerprint density at radius 2 is 2.26 bits per heavy atom. The molecule has 0 fully saturated rings. The van der Waals surface area contributed by atoms with Crippen molar-refractivity contribution >= 4 is 19.6 Å². The molecule has 0 bridgehead atoms. The molecule has 1 atom stereocenters. The Hall–Kier alpha value is -1.53. The zero-order valence-corrected chi connectivity index (χ0v) is 13.9. The molecule has 5 nitrogen and oxygen atoms in total. The number of hydrogen-bond acceptors (Lipinski definition) is 4. The molecule has 122 valence electrons. The molecule has 2 aliphatic rings. The predicted molar refractivity (Wildman–Crippen MR) is 90.2 cm³/mol. The van der Waals surface area contributed by atoms with Crippen molar-refractivity contribution in [2.75, 3.05) is 44.9 Å². The van der Waals surface area contributed by atoms with Crippen LogP contribution in [0, 0.1) is 0 Å². The maximum atomic E-state index is 12.3. The van der Waals surface area contributed by atoms with E-state index in [-0.39, 0.29) is 12.5 Å². The van der Waals surface area contributed by atoms with Gasteiger partial charge in [-0.15, -0.1) is 0 Å². The molecule has 1 unspecified atom stereocenters. The van der Waals surface area contributed by atoms with Crippen LogP contribution < -0.4 is 9.64 Å². The lowest BCUT2D eigenvalue weighted by molar-refractivity contribution is -0.121. The van der Waals surface area contributed by atoms with Gasteiger partial charge in [-0.2, -0.15) is 0 Å². The van der Waals surface area contributed by atoms with E-state index in [1.165, 1.54) is 11.1 Å². The lowest BCUT2D eigenvalue weighted by atomic mass is 9.93. The summed E-state index contributed by atoms with van der Waals surface area (Å²) >= 11 is 0. The Morgan fingerprint density at radius 1 is 1.43 bits per heavy atom. The van der Waals surface area contributed by atoms with Crippen molar-refractivity contribution < 1.29 is 14.3 Å². The van der Waals surface area contributed by atoms with Crippen LogP contribution in [0.3, 0.4) is 0 Å². The number of fused-ring (bicyclic) bond motifs is 2. The van der Waals surface area contributed by atoms with E-state index >= 15 is 0 Å². The number of nitrogens with zero attached hydrogens (tertiary/aromatic N) is 2. The van der Waals surface area contributed by atoms with Crippen molar-refractivity contribution in [3.63, 3.8) is 0 Å². The predicted octanol–water partition coefficient (Wildman–Crippen LogP) is 1.49. The monoisotopic (exact) mass is 314 g/mol. The zero-order valence-electron chi connectivity index (χ0n) is 13.9. The maximum absolute atomic E-state index is 12.3.